The molecule has 0 aromatic carbocycles. The van der Waals surface area contributed by atoms with Gasteiger partial charge in [0.05, 0.1) is 0 Å². The van der Waals surface area contributed by atoms with Crippen LogP contribution < -0.4 is 4.74 Å². The normalized spacial score (nSPS) is 9.00. The van der Waals surface area contributed by atoms with E-state index < -0.39 is 0 Å². The molecule has 0 N–H and O–H groups in total. The van der Waals surface area contributed by atoms with E-state index in [0.29, 0.717) is 5.88 Å². The van der Waals surface area contributed by atoms with Gasteiger partial charge in [-0.05, 0) is 6.07 Å². The molecule has 1 rings (SSSR count). The summed E-state index contributed by atoms with van der Waals surface area (Å²) in [6.07, 6.45) is 1.57. The molecule has 4 heteroatoms. The lowest BCUT2D eigenvalue weighted by atomic mass is 10.6. The Hall–Kier alpha value is -0.830. The predicted octanol–water partition coefficient (Wildman–Crippen LogP) is 1.05. The standard InChI is InChI=1S/C5H5ClN2O/c6-4-9-5-2-1-3-7-8-5/h1-3H,4H2. The zero-order valence-electron chi connectivity index (χ0n) is 4.62. The molecule has 1 aromatic heterocycles. The van der Waals surface area contributed by atoms with Gasteiger partial charge >= 0.3 is 0 Å². The van der Waals surface area contributed by atoms with Crippen LogP contribution in [-0.4, -0.2) is 16.3 Å². The van der Waals surface area contributed by atoms with Gasteiger partial charge in [0.1, 0.15) is 0 Å². The van der Waals surface area contributed by atoms with Gasteiger partial charge in [-0.1, -0.05) is 11.6 Å². The molecule has 0 aliphatic rings. The fourth-order valence-electron chi connectivity index (χ4n) is 0.420. The fraction of sp³-hybridized carbons (Fsp3) is 0.200. The van der Waals surface area contributed by atoms with Crippen molar-refractivity contribution in [2.45, 2.75) is 0 Å². The van der Waals surface area contributed by atoms with Crippen LogP contribution in [0.1, 0.15) is 0 Å². The van der Waals surface area contributed by atoms with Crippen LogP contribution in [0.25, 0.3) is 0 Å². The van der Waals surface area contributed by atoms with Crippen LogP contribution in [0.15, 0.2) is 18.3 Å². The minimum absolute atomic E-state index is 0.110. The Morgan fingerprint density at radius 1 is 1.67 bits per heavy atom. The van der Waals surface area contributed by atoms with E-state index in [-0.39, 0.29) is 6.07 Å². The van der Waals surface area contributed by atoms with Crippen LogP contribution in [0.4, 0.5) is 0 Å². The lowest BCUT2D eigenvalue weighted by molar-refractivity contribution is 0.367. The monoisotopic (exact) mass is 144 g/mol. The van der Waals surface area contributed by atoms with Crippen molar-refractivity contribution in [3.63, 3.8) is 0 Å². The largest absolute Gasteiger partial charge is 0.460 e. The summed E-state index contributed by atoms with van der Waals surface area (Å²) < 4.78 is 4.80. The molecular formula is C5H5ClN2O. The highest BCUT2D eigenvalue weighted by Crippen LogP contribution is 2.00. The molecule has 0 saturated heterocycles. The molecule has 0 amide bonds. The summed E-state index contributed by atoms with van der Waals surface area (Å²) >= 11 is 5.25. The van der Waals surface area contributed by atoms with Gasteiger partial charge in [-0.25, -0.2) is 0 Å². The van der Waals surface area contributed by atoms with Crippen molar-refractivity contribution in [2.75, 3.05) is 6.07 Å². The minimum atomic E-state index is 0.110. The Bertz CT molecular complexity index is 168. The minimum Gasteiger partial charge on any atom is -0.460 e. The number of hydrogen-bond donors (Lipinski definition) is 0. The number of hydrogen-bond acceptors (Lipinski definition) is 3. The summed E-state index contributed by atoms with van der Waals surface area (Å²) in [6, 6.07) is 3.53. The second kappa shape index (κ2) is 3.25. The Labute approximate surface area is 57.6 Å². The van der Waals surface area contributed by atoms with E-state index in [9.17, 15) is 0 Å². The van der Waals surface area contributed by atoms with Gasteiger partial charge in [0.15, 0.2) is 6.07 Å². The maximum absolute atomic E-state index is 5.25. The molecule has 0 spiro atoms. The second-order valence-electron chi connectivity index (χ2n) is 1.32. The zero-order valence-corrected chi connectivity index (χ0v) is 5.38. The van der Waals surface area contributed by atoms with Gasteiger partial charge in [-0.3, -0.25) is 0 Å². The maximum Gasteiger partial charge on any atom is 0.234 e. The molecule has 0 unspecified atom stereocenters. The first kappa shape index (κ1) is 6.29. The van der Waals surface area contributed by atoms with Crippen molar-refractivity contribution in [3.8, 4) is 5.88 Å². The number of aromatic nitrogens is 2. The molecule has 1 aromatic rings. The SMILES string of the molecule is ClCOc1cccnn1. The molecule has 0 radical (unpaired) electrons. The summed E-state index contributed by atoms with van der Waals surface area (Å²) in [6.45, 7) is 0. The Morgan fingerprint density at radius 3 is 3.11 bits per heavy atom. The van der Waals surface area contributed by atoms with Gasteiger partial charge in [-0.2, -0.15) is 5.10 Å². The lowest BCUT2D eigenvalue weighted by Gasteiger charge is -1.95. The Balaban J connectivity index is 2.61. The molecule has 9 heavy (non-hydrogen) atoms. The van der Waals surface area contributed by atoms with Crippen molar-refractivity contribution < 1.29 is 4.74 Å². The van der Waals surface area contributed by atoms with Crippen molar-refractivity contribution in [1.29, 1.82) is 0 Å². The summed E-state index contributed by atoms with van der Waals surface area (Å²) in [4.78, 5) is 0. The van der Waals surface area contributed by atoms with E-state index in [2.05, 4.69) is 10.2 Å². The lowest BCUT2D eigenvalue weighted by Crippen LogP contribution is -1.92. The molecular weight excluding hydrogens is 140 g/mol. The fourth-order valence-corrected chi connectivity index (χ4v) is 0.532. The smallest absolute Gasteiger partial charge is 0.234 e. The average molecular weight is 145 g/mol. The highest BCUT2D eigenvalue weighted by molar-refractivity contribution is 6.17. The number of ether oxygens (including phenoxy) is 1. The van der Waals surface area contributed by atoms with Crippen molar-refractivity contribution in [1.82, 2.24) is 10.2 Å². The molecule has 3 nitrogen and oxygen atoms in total. The van der Waals surface area contributed by atoms with Gasteiger partial charge in [-0.15, -0.1) is 5.10 Å². The van der Waals surface area contributed by atoms with Gasteiger partial charge < -0.3 is 4.74 Å². The molecule has 1 heterocycles. The van der Waals surface area contributed by atoms with E-state index >= 15 is 0 Å². The molecule has 48 valence electrons. The number of halogens is 1. The van der Waals surface area contributed by atoms with Crippen LogP contribution in [0.3, 0.4) is 0 Å². The van der Waals surface area contributed by atoms with Gasteiger partial charge in [0.2, 0.25) is 5.88 Å². The third kappa shape index (κ3) is 1.85. The van der Waals surface area contributed by atoms with Crippen LogP contribution in [0.5, 0.6) is 5.88 Å². The van der Waals surface area contributed by atoms with Crippen LogP contribution >= 0.6 is 11.6 Å². The molecule has 0 saturated carbocycles. The first-order valence-corrected chi connectivity index (χ1v) is 2.93. The third-order valence-corrected chi connectivity index (χ3v) is 0.859. The van der Waals surface area contributed by atoms with Crippen molar-refractivity contribution in [2.24, 2.45) is 0 Å². The van der Waals surface area contributed by atoms with E-state index in [1.54, 1.807) is 18.3 Å². The average Bonchev–Trinajstić information content (AvgIpc) is 1.91. The summed E-state index contributed by atoms with van der Waals surface area (Å²) in [5.74, 6) is 0.451. The van der Waals surface area contributed by atoms with Crippen LogP contribution in [0.2, 0.25) is 0 Å². The third-order valence-electron chi connectivity index (χ3n) is 0.750. The van der Waals surface area contributed by atoms with Crippen molar-refractivity contribution >= 4 is 11.6 Å². The Kier molecular flexibility index (Phi) is 2.27. The summed E-state index contributed by atoms with van der Waals surface area (Å²) in [5.41, 5.74) is 0. The molecule has 0 aliphatic carbocycles. The Morgan fingerprint density at radius 2 is 2.56 bits per heavy atom. The van der Waals surface area contributed by atoms with E-state index in [1.807, 2.05) is 0 Å². The first-order valence-electron chi connectivity index (χ1n) is 2.40. The van der Waals surface area contributed by atoms with E-state index in [4.69, 9.17) is 16.3 Å². The molecule has 0 aliphatic heterocycles. The quantitative estimate of drug-likeness (QED) is 0.582. The van der Waals surface area contributed by atoms with Crippen molar-refractivity contribution in [3.05, 3.63) is 18.3 Å². The topological polar surface area (TPSA) is 35.0 Å². The number of nitrogens with zero attached hydrogens (tertiary/aromatic N) is 2. The summed E-state index contributed by atoms with van der Waals surface area (Å²) in [7, 11) is 0. The highest BCUT2D eigenvalue weighted by Gasteiger charge is 1.87. The predicted molar refractivity (Wildman–Crippen MR) is 33.4 cm³/mol. The van der Waals surface area contributed by atoms with Crippen LogP contribution in [-0.2, 0) is 0 Å². The maximum atomic E-state index is 5.25. The van der Waals surface area contributed by atoms with Crippen LogP contribution in [0, 0.1) is 0 Å². The molecule has 0 atom stereocenters. The summed E-state index contributed by atoms with van der Waals surface area (Å²) in [5, 5.41) is 7.18. The highest BCUT2D eigenvalue weighted by atomic mass is 35.5. The zero-order chi connectivity index (χ0) is 6.53. The van der Waals surface area contributed by atoms with Gasteiger partial charge in [0, 0.05) is 12.3 Å². The molecule has 0 fully saturated rings. The van der Waals surface area contributed by atoms with Gasteiger partial charge in [0.25, 0.3) is 0 Å². The number of alkyl halides is 1. The van der Waals surface area contributed by atoms with E-state index in [1.165, 1.54) is 0 Å². The van der Waals surface area contributed by atoms with E-state index in [0.717, 1.165) is 0 Å². The number of rotatable bonds is 2. The molecule has 0 bridgehead atoms. The first-order chi connectivity index (χ1) is 4.43. The second-order valence-corrected chi connectivity index (χ2v) is 1.53.